The number of para-hydroxylation sites is 2. The number of hydrogen-bond donors (Lipinski definition) is 1. The van der Waals surface area contributed by atoms with E-state index in [1.807, 2.05) is 72.8 Å². The topological polar surface area (TPSA) is 81.4 Å². The minimum absolute atomic E-state index is 0.0710. The van der Waals surface area contributed by atoms with E-state index in [1.165, 1.54) is 0 Å². The molecule has 4 rings (SSSR count). The molecule has 1 heterocycles. The number of benzene rings is 3. The van der Waals surface area contributed by atoms with Gasteiger partial charge in [-0.2, -0.15) is 0 Å². The quantitative estimate of drug-likeness (QED) is 0.405. The number of Topliss-reactive ketones (excluding diaryl/α,β-unsaturated/α-hetero) is 1. The normalized spacial score (nSPS) is 11.7. The van der Waals surface area contributed by atoms with Gasteiger partial charge in [0, 0.05) is 6.54 Å². The highest BCUT2D eigenvalue weighted by Gasteiger charge is 2.26. The first-order chi connectivity index (χ1) is 15.2. The molecular weight excluding hydrogens is 392 g/mol. The number of ketones is 1. The van der Waals surface area contributed by atoms with Crippen LogP contribution in [-0.2, 0) is 11.3 Å². The molecule has 6 heteroatoms. The third kappa shape index (κ3) is 5.17. The summed E-state index contributed by atoms with van der Waals surface area (Å²) in [6.07, 6.45) is -0.132. The van der Waals surface area contributed by atoms with Crippen LogP contribution < -0.4 is 5.32 Å². The smallest absolute Gasteiger partial charge is 0.407 e. The second-order valence-electron chi connectivity index (χ2n) is 7.09. The first kappa shape index (κ1) is 20.3. The van der Waals surface area contributed by atoms with E-state index in [4.69, 9.17) is 9.15 Å². The Morgan fingerprint density at radius 3 is 2.32 bits per heavy atom. The number of nitrogens with zero attached hydrogens (tertiary/aromatic N) is 1. The highest BCUT2D eigenvalue weighted by Crippen LogP contribution is 2.26. The van der Waals surface area contributed by atoms with Crippen molar-refractivity contribution in [1.82, 2.24) is 10.3 Å². The minimum atomic E-state index is -0.523. The number of carbonyl (C=O) groups excluding carboxylic acids is 2. The summed E-state index contributed by atoms with van der Waals surface area (Å²) in [5.41, 5.74) is 2.96. The molecule has 0 saturated carbocycles. The third-order valence-electron chi connectivity index (χ3n) is 4.94. The van der Waals surface area contributed by atoms with Gasteiger partial charge in [0.05, 0.1) is 5.92 Å². The fourth-order valence-electron chi connectivity index (χ4n) is 3.35. The lowest BCUT2D eigenvalue weighted by Crippen LogP contribution is -2.28. The van der Waals surface area contributed by atoms with Crippen molar-refractivity contribution in [3.63, 3.8) is 0 Å². The lowest BCUT2D eigenvalue weighted by atomic mass is 9.91. The van der Waals surface area contributed by atoms with E-state index in [9.17, 15) is 9.59 Å². The van der Waals surface area contributed by atoms with Crippen LogP contribution in [0.5, 0.6) is 0 Å². The number of alkyl carbamates (subject to hydrolysis) is 1. The zero-order valence-electron chi connectivity index (χ0n) is 16.9. The van der Waals surface area contributed by atoms with Crippen LogP contribution in [0.2, 0.25) is 0 Å². The average molecular weight is 414 g/mol. The van der Waals surface area contributed by atoms with Gasteiger partial charge in [0.15, 0.2) is 5.58 Å². The van der Waals surface area contributed by atoms with Crippen molar-refractivity contribution in [2.24, 2.45) is 0 Å². The SMILES string of the molecule is O=C(NCCC(C(=O)c1nc2ccccc2o1)c1ccccc1)OCc1ccccc1. The zero-order valence-corrected chi connectivity index (χ0v) is 16.9. The van der Waals surface area contributed by atoms with Gasteiger partial charge in [-0.3, -0.25) is 4.79 Å². The van der Waals surface area contributed by atoms with Crippen LogP contribution in [-0.4, -0.2) is 23.4 Å². The fraction of sp³-hybridized carbons (Fsp3) is 0.160. The highest BCUT2D eigenvalue weighted by molar-refractivity contribution is 5.99. The second kappa shape index (κ2) is 9.71. The van der Waals surface area contributed by atoms with E-state index in [0.29, 0.717) is 17.5 Å². The number of oxazole rings is 1. The maximum atomic E-state index is 13.2. The summed E-state index contributed by atoms with van der Waals surface area (Å²) < 4.78 is 10.9. The molecule has 1 N–H and O–H groups in total. The molecule has 0 aliphatic carbocycles. The maximum Gasteiger partial charge on any atom is 0.407 e. The lowest BCUT2D eigenvalue weighted by Gasteiger charge is -2.15. The van der Waals surface area contributed by atoms with Crippen LogP contribution in [0.1, 0.15) is 34.2 Å². The predicted molar refractivity (Wildman–Crippen MR) is 117 cm³/mol. The molecule has 3 aromatic carbocycles. The Hall–Kier alpha value is -3.93. The van der Waals surface area contributed by atoms with Crippen LogP contribution in [0, 0.1) is 0 Å². The van der Waals surface area contributed by atoms with Crippen LogP contribution in [0.3, 0.4) is 0 Å². The summed E-state index contributed by atoms with van der Waals surface area (Å²) in [4.78, 5) is 29.6. The van der Waals surface area contributed by atoms with Crippen molar-refractivity contribution in [3.05, 3.63) is 102 Å². The first-order valence-electron chi connectivity index (χ1n) is 10.1. The van der Waals surface area contributed by atoms with Crippen LogP contribution >= 0.6 is 0 Å². The van der Waals surface area contributed by atoms with Gasteiger partial charge in [-0.15, -0.1) is 0 Å². The number of ether oxygens (including phenoxy) is 1. The van der Waals surface area contributed by atoms with Gasteiger partial charge < -0.3 is 14.5 Å². The number of nitrogens with one attached hydrogen (secondary N) is 1. The molecule has 0 bridgehead atoms. The number of carbonyl (C=O) groups is 2. The molecule has 4 aromatic rings. The van der Waals surface area contributed by atoms with Crippen molar-refractivity contribution >= 4 is 23.0 Å². The highest BCUT2D eigenvalue weighted by atomic mass is 16.5. The Balaban J connectivity index is 1.41. The largest absolute Gasteiger partial charge is 0.445 e. The van der Waals surface area contributed by atoms with E-state index in [2.05, 4.69) is 10.3 Å². The molecule has 1 unspecified atom stereocenters. The zero-order chi connectivity index (χ0) is 21.5. The van der Waals surface area contributed by atoms with Crippen LogP contribution in [0.4, 0.5) is 4.79 Å². The Morgan fingerprint density at radius 2 is 1.58 bits per heavy atom. The minimum Gasteiger partial charge on any atom is -0.445 e. The molecule has 0 aliphatic heterocycles. The number of fused-ring (bicyclic) bond motifs is 1. The van der Waals surface area contributed by atoms with Gasteiger partial charge in [-0.05, 0) is 29.7 Å². The molecule has 1 atom stereocenters. The van der Waals surface area contributed by atoms with Gasteiger partial charge in [-0.1, -0.05) is 72.8 Å². The predicted octanol–water partition coefficient (Wildman–Crippen LogP) is 5.11. The number of aromatic nitrogens is 1. The fourth-order valence-corrected chi connectivity index (χ4v) is 3.35. The molecule has 0 fully saturated rings. The molecule has 1 amide bonds. The Kier molecular flexibility index (Phi) is 6.38. The Labute approximate surface area is 179 Å². The van der Waals surface area contributed by atoms with Crippen molar-refractivity contribution < 1.29 is 18.7 Å². The third-order valence-corrected chi connectivity index (χ3v) is 4.94. The van der Waals surface area contributed by atoms with E-state index in [0.717, 1.165) is 11.1 Å². The summed E-state index contributed by atoms with van der Waals surface area (Å²) in [7, 11) is 0. The summed E-state index contributed by atoms with van der Waals surface area (Å²) in [5.74, 6) is -0.646. The van der Waals surface area contributed by atoms with Crippen molar-refractivity contribution in [2.75, 3.05) is 6.54 Å². The number of rotatable bonds is 8. The van der Waals surface area contributed by atoms with Crippen molar-refractivity contribution in [1.29, 1.82) is 0 Å². The lowest BCUT2D eigenvalue weighted by molar-refractivity contribution is 0.0920. The van der Waals surface area contributed by atoms with Gasteiger partial charge in [0.1, 0.15) is 12.1 Å². The van der Waals surface area contributed by atoms with Gasteiger partial charge >= 0.3 is 6.09 Å². The summed E-state index contributed by atoms with van der Waals surface area (Å²) >= 11 is 0. The molecule has 0 saturated heterocycles. The second-order valence-corrected chi connectivity index (χ2v) is 7.09. The number of amides is 1. The monoisotopic (exact) mass is 414 g/mol. The maximum absolute atomic E-state index is 13.2. The number of hydrogen-bond acceptors (Lipinski definition) is 5. The van der Waals surface area contributed by atoms with Crippen molar-refractivity contribution in [3.8, 4) is 0 Å². The Bertz CT molecular complexity index is 1120. The molecule has 156 valence electrons. The van der Waals surface area contributed by atoms with Gasteiger partial charge in [0.25, 0.3) is 5.89 Å². The van der Waals surface area contributed by atoms with E-state index < -0.39 is 12.0 Å². The molecular formula is C25H22N2O4. The molecule has 0 radical (unpaired) electrons. The first-order valence-corrected chi connectivity index (χ1v) is 10.1. The average Bonchev–Trinajstić information content (AvgIpc) is 3.26. The summed E-state index contributed by atoms with van der Waals surface area (Å²) in [6, 6.07) is 26.1. The standard InChI is InChI=1S/C25H22N2O4/c28-23(24-27-21-13-7-8-14-22(21)31-24)20(19-11-5-2-6-12-19)15-16-26-25(29)30-17-18-9-3-1-4-10-18/h1-14,20H,15-17H2,(H,26,29). The molecule has 0 spiro atoms. The van der Waals surface area contributed by atoms with E-state index in [-0.39, 0.29) is 24.8 Å². The van der Waals surface area contributed by atoms with E-state index in [1.54, 1.807) is 12.1 Å². The van der Waals surface area contributed by atoms with Crippen LogP contribution in [0.15, 0.2) is 89.3 Å². The molecule has 0 aliphatic rings. The molecule has 31 heavy (non-hydrogen) atoms. The van der Waals surface area contributed by atoms with Crippen molar-refractivity contribution in [2.45, 2.75) is 18.9 Å². The van der Waals surface area contributed by atoms with E-state index >= 15 is 0 Å². The Morgan fingerprint density at radius 1 is 0.903 bits per heavy atom. The van der Waals surface area contributed by atoms with Crippen LogP contribution in [0.25, 0.3) is 11.1 Å². The summed E-state index contributed by atoms with van der Waals surface area (Å²) in [5, 5.41) is 2.72. The van der Waals surface area contributed by atoms with Gasteiger partial charge in [0.2, 0.25) is 5.78 Å². The van der Waals surface area contributed by atoms with Gasteiger partial charge in [-0.25, -0.2) is 9.78 Å². The molecule has 1 aromatic heterocycles. The molecule has 6 nitrogen and oxygen atoms in total. The summed E-state index contributed by atoms with van der Waals surface area (Å²) in [6.45, 7) is 0.468.